The summed E-state index contributed by atoms with van der Waals surface area (Å²) in [4.78, 5) is 30.0. The number of nitrogens with two attached hydrogens (primary N) is 1. The quantitative estimate of drug-likeness (QED) is 0.523. The Morgan fingerprint density at radius 2 is 2.04 bits per heavy atom. The Labute approximate surface area is 145 Å². The number of imidazole rings is 1. The van der Waals surface area contributed by atoms with Gasteiger partial charge in [0.2, 0.25) is 5.91 Å². The molecule has 1 aromatic carbocycles. The molecule has 134 valence electrons. The lowest BCUT2D eigenvalue weighted by Crippen LogP contribution is -2.44. The fraction of sp³-hybridized carbons (Fsp3) is 0.353. The number of aromatic amines is 1. The van der Waals surface area contributed by atoms with Gasteiger partial charge in [-0.1, -0.05) is 12.1 Å². The number of carbonyl (C=O) groups is 2. The third kappa shape index (κ3) is 5.92. The van der Waals surface area contributed by atoms with E-state index in [2.05, 4.69) is 15.3 Å². The maximum atomic E-state index is 12.1. The van der Waals surface area contributed by atoms with Crippen LogP contribution in [0.4, 0.5) is 0 Å². The minimum atomic E-state index is -1.10. The Bertz CT molecular complexity index is 685. The molecule has 1 amide bonds. The number of ether oxygens (including phenoxy) is 1. The SMILES string of the molecule is COc1ccc(C[C@H](N)CC(=O)N[C@H](Cc2cnc[nH]2)C(=O)O)cc1. The first-order chi connectivity index (χ1) is 12.0. The number of carboxylic acids is 1. The number of amides is 1. The van der Waals surface area contributed by atoms with E-state index in [0.29, 0.717) is 12.1 Å². The van der Waals surface area contributed by atoms with Crippen molar-refractivity contribution in [2.75, 3.05) is 7.11 Å². The lowest BCUT2D eigenvalue weighted by molar-refractivity contribution is -0.141. The van der Waals surface area contributed by atoms with Gasteiger partial charge >= 0.3 is 5.97 Å². The molecule has 0 saturated carbocycles. The molecule has 0 spiro atoms. The van der Waals surface area contributed by atoms with Crippen LogP contribution in [0.25, 0.3) is 0 Å². The maximum absolute atomic E-state index is 12.1. The standard InChI is InChI=1S/C17H22N4O4/c1-25-14-4-2-11(3-5-14)6-12(18)7-16(22)21-15(17(23)24)8-13-9-19-10-20-13/h2-5,9-10,12,15H,6-8,18H2,1H3,(H,19,20)(H,21,22)(H,23,24)/t12-,15+/m0/s1. The number of carbonyl (C=O) groups excluding carboxylic acids is 1. The number of hydrogen-bond acceptors (Lipinski definition) is 5. The van der Waals surface area contributed by atoms with E-state index in [-0.39, 0.29) is 12.8 Å². The van der Waals surface area contributed by atoms with Crippen molar-refractivity contribution >= 4 is 11.9 Å². The van der Waals surface area contributed by atoms with Crippen LogP contribution in [0.3, 0.4) is 0 Å². The third-order valence-electron chi connectivity index (χ3n) is 3.72. The van der Waals surface area contributed by atoms with Crippen LogP contribution < -0.4 is 15.8 Å². The molecule has 0 aliphatic rings. The fourth-order valence-electron chi connectivity index (χ4n) is 2.44. The average Bonchev–Trinajstić information content (AvgIpc) is 3.07. The molecule has 0 aliphatic heterocycles. The Morgan fingerprint density at radius 1 is 1.32 bits per heavy atom. The first kappa shape index (κ1) is 18.5. The van der Waals surface area contributed by atoms with E-state index in [0.717, 1.165) is 11.3 Å². The van der Waals surface area contributed by atoms with E-state index in [9.17, 15) is 14.7 Å². The van der Waals surface area contributed by atoms with Crippen LogP contribution in [-0.4, -0.2) is 46.1 Å². The zero-order valence-corrected chi connectivity index (χ0v) is 13.9. The van der Waals surface area contributed by atoms with Gasteiger partial charge in [0, 0.05) is 30.8 Å². The van der Waals surface area contributed by atoms with Gasteiger partial charge in [0.1, 0.15) is 11.8 Å². The number of H-pyrrole nitrogens is 1. The minimum Gasteiger partial charge on any atom is -0.497 e. The average molecular weight is 346 g/mol. The van der Waals surface area contributed by atoms with E-state index in [1.165, 1.54) is 12.5 Å². The summed E-state index contributed by atoms with van der Waals surface area (Å²) in [6, 6.07) is 5.99. The van der Waals surface area contributed by atoms with Gasteiger partial charge in [-0.2, -0.15) is 0 Å². The molecule has 2 rings (SSSR count). The number of hydrogen-bond donors (Lipinski definition) is 4. The van der Waals surface area contributed by atoms with E-state index in [1.807, 2.05) is 24.3 Å². The van der Waals surface area contributed by atoms with Crippen molar-refractivity contribution in [2.45, 2.75) is 31.3 Å². The van der Waals surface area contributed by atoms with Gasteiger partial charge in [-0.15, -0.1) is 0 Å². The van der Waals surface area contributed by atoms with Crippen molar-refractivity contribution in [2.24, 2.45) is 5.73 Å². The largest absolute Gasteiger partial charge is 0.497 e. The van der Waals surface area contributed by atoms with Gasteiger partial charge in [-0.3, -0.25) is 4.79 Å². The Balaban J connectivity index is 1.85. The summed E-state index contributed by atoms with van der Waals surface area (Å²) in [5, 5.41) is 11.8. The van der Waals surface area contributed by atoms with Crippen LogP contribution in [0.1, 0.15) is 17.7 Å². The molecular formula is C17H22N4O4. The van der Waals surface area contributed by atoms with Gasteiger partial charge in [0.25, 0.3) is 0 Å². The van der Waals surface area contributed by atoms with Crippen molar-refractivity contribution in [3.8, 4) is 5.75 Å². The molecule has 0 radical (unpaired) electrons. The molecule has 1 heterocycles. The van der Waals surface area contributed by atoms with Gasteiger partial charge < -0.3 is 25.9 Å². The fourth-order valence-corrected chi connectivity index (χ4v) is 2.44. The van der Waals surface area contributed by atoms with Crippen LogP contribution in [0.15, 0.2) is 36.8 Å². The van der Waals surface area contributed by atoms with Crippen molar-refractivity contribution < 1.29 is 19.4 Å². The predicted octanol–water partition coefficient (Wildman–Crippen LogP) is 0.490. The summed E-state index contributed by atoms with van der Waals surface area (Å²) in [5.74, 6) is -0.752. The summed E-state index contributed by atoms with van der Waals surface area (Å²) in [6.45, 7) is 0. The number of carboxylic acid groups (broad SMARTS) is 1. The summed E-state index contributed by atoms with van der Waals surface area (Å²) >= 11 is 0. The number of methoxy groups -OCH3 is 1. The second-order valence-corrected chi connectivity index (χ2v) is 5.76. The third-order valence-corrected chi connectivity index (χ3v) is 3.72. The van der Waals surface area contributed by atoms with E-state index < -0.39 is 24.0 Å². The van der Waals surface area contributed by atoms with E-state index in [4.69, 9.17) is 10.5 Å². The van der Waals surface area contributed by atoms with Gasteiger partial charge in [-0.25, -0.2) is 9.78 Å². The molecule has 8 nitrogen and oxygen atoms in total. The Hall–Kier alpha value is -2.87. The summed E-state index contributed by atoms with van der Waals surface area (Å²) in [7, 11) is 1.59. The molecular weight excluding hydrogens is 324 g/mol. The van der Waals surface area contributed by atoms with Crippen LogP contribution in [0.5, 0.6) is 5.75 Å². The number of rotatable bonds is 9. The van der Waals surface area contributed by atoms with Crippen molar-refractivity contribution in [3.63, 3.8) is 0 Å². The first-order valence-electron chi connectivity index (χ1n) is 7.86. The van der Waals surface area contributed by atoms with E-state index >= 15 is 0 Å². The first-order valence-corrected chi connectivity index (χ1v) is 7.86. The molecule has 8 heteroatoms. The molecule has 25 heavy (non-hydrogen) atoms. The topological polar surface area (TPSA) is 130 Å². The van der Waals surface area contributed by atoms with Crippen molar-refractivity contribution in [3.05, 3.63) is 48.0 Å². The molecule has 0 aliphatic carbocycles. The smallest absolute Gasteiger partial charge is 0.326 e. The summed E-state index contributed by atoms with van der Waals surface area (Å²) in [5.41, 5.74) is 7.62. The highest BCUT2D eigenvalue weighted by atomic mass is 16.5. The number of nitrogens with zero attached hydrogens (tertiary/aromatic N) is 1. The van der Waals surface area contributed by atoms with Gasteiger partial charge in [-0.05, 0) is 24.1 Å². The molecule has 0 unspecified atom stereocenters. The molecule has 1 aromatic heterocycles. The maximum Gasteiger partial charge on any atom is 0.326 e. The minimum absolute atomic E-state index is 0.0405. The highest BCUT2D eigenvalue weighted by Gasteiger charge is 2.22. The zero-order valence-electron chi connectivity index (χ0n) is 13.9. The molecule has 0 fully saturated rings. The lowest BCUT2D eigenvalue weighted by atomic mass is 10.0. The zero-order chi connectivity index (χ0) is 18.2. The summed E-state index contributed by atoms with van der Waals surface area (Å²) in [6.07, 6.45) is 3.67. The van der Waals surface area contributed by atoms with Crippen LogP contribution in [-0.2, 0) is 22.4 Å². The molecule has 5 N–H and O–H groups in total. The monoisotopic (exact) mass is 346 g/mol. The molecule has 0 bridgehead atoms. The number of aromatic nitrogens is 2. The lowest BCUT2D eigenvalue weighted by Gasteiger charge is -2.16. The summed E-state index contributed by atoms with van der Waals surface area (Å²) < 4.78 is 5.09. The Morgan fingerprint density at radius 3 is 2.60 bits per heavy atom. The van der Waals surface area contributed by atoms with Gasteiger partial charge in [0.05, 0.1) is 13.4 Å². The van der Waals surface area contributed by atoms with Crippen molar-refractivity contribution in [1.82, 2.24) is 15.3 Å². The van der Waals surface area contributed by atoms with Crippen LogP contribution >= 0.6 is 0 Å². The Kier molecular flexibility index (Phi) is 6.53. The molecule has 2 aromatic rings. The normalized spacial score (nSPS) is 13.0. The van der Waals surface area contributed by atoms with Crippen LogP contribution in [0.2, 0.25) is 0 Å². The highest BCUT2D eigenvalue weighted by Crippen LogP contribution is 2.13. The number of nitrogens with one attached hydrogen (secondary N) is 2. The predicted molar refractivity (Wildman–Crippen MR) is 91.1 cm³/mol. The molecule has 0 saturated heterocycles. The van der Waals surface area contributed by atoms with Gasteiger partial charge in [0.15, 0.2) is 0 Å². The highest BCUT2D eigenvalue weighted by molar-refractivity contribution is 5.84. The van der Waals surface area contributed by atoms with Crippen molar-refractivity contribution in [1.29, 1.82) is 0 Å². The van der Waals surface area contributed by atoms with Crippen LogP contribution in [0, 0.1) is 0 Å². The second kappa shape index (κ2) is 8.84. The number of aliphatic carboxylic acids is 1. The molecule has 2 atom stereocenters. The second-order valence-electron chi connectivity index (χ2n) is 5.76. The van der Waals surface area contributed by atoms with E-state index in [1.54, 1.807) is 7.11 Å². The number of benzene rings is 1.